The molecule has 0 radical (unpaired) electrons. The lowest BCUT2D eigenvalue weighted by Crippen LogP contribution is -2.31. The number of aromatic amines is 1. The number of sulfonamides is 1. The van der Waals surface area contributed by atoms with E-state index in [4.69, 9.17) is 9.88 Å². The van der Waals surface area contributed by atoms with Crippen molar-refractivity contribution in [3.8, 4) is 0 Å². The maximum Gasteiger partial charge on any atom is 0.273 e. The first-order chi connectivity index (χ1) is 9.97. The first-order valence-corrected chi connectivity index (χ1v) is 8.48. The van der Waals surface area contributed by atoms with Crippen molar-refractivity contribution in [3.05, 3.63) is 11.4 Å². The molecule has 1 aromatic rings. The van der Waals surface area contributed by atoms with E-state index in [1.807, 2.05) is 0 Å². The summed E-state index contributed by atoms with van der Waals surface area (Å²) in [5.74, 6) is -0.154. The summed E-state index contributed by atoms with van der Waals surface area (Å²) >= 11 is 0. The molecule has 1 amide bonds. The molecule has 1 unspecified atom stereocenters. The Morgan fingerprint density at radius 2 is 2.19 bits per heavy atom. The molecule has 3 rings (SSSR count). The number of nitrogens with one attached hydrogen (secondary N) is 2. The number of hydrogen-bond acceptors (Lipinski definition) is 5. The van der Waals surface area contributed by atoms with Crippen LogP contribution in [0.1, 0.15) is 41.4 Å². The lowest BCUT2D eigenvalue weighted by atomic mass is 10.1. The number of aromatic nitrogens is 2. The first-order valence-electron chi connectivity index (χ1n) is 6.94. The monoisotopic (exact) mass is 314 g/mol. The van der Waals surface area contributed by atoms with E-state index >= 15 is 0 Å². The van der Waals surface area contributed by atoms with Crippen LogP contribution in [0.4, 0.5) is 0 Å². The third-order valence-electron chi connectivity index (χ3n) is 3.81. The molecule has 1 aromatic heterocycles. The third kappa shape index (κ3) is 3.09. The number of hydrogen-bond donors (Lipinski definition) is 3. The van der Waals surface area contributed by atoms with E-state index in [1.54, 1.807) is 0 Å². The Labute approximate surface area is 122 Å². The molecule has 116 valence electrons. The zero-order chi connectivity index (χ0) is 15.0. The van der Waals surface area contributed by atoms with Crippen molar-refractivity contribution >= 4 is 15.9 Å². The second kappa shape index (κ2) is 5.39. The first kappa shape index (κ1) is 14.5. The molecule has 21 heavy (non-hydrogen) atoms. The fourth-order valence-electron chi connectivity index (χ4n) is 2.50. The van der Waals surface area contributed by atoms with Gasteiger partial charge in [-0.1, -0.05) is 0 Å². The molecule has 0 aromatic carbocycles. The van der Waals surface area contributed by atoms with Crippen LogP contribution in [0.2, 0.25) is 0 Å². The topological polar surface area (TPSA) is 127 Å². The minimum Gasteiger partial charge on any atom is -0.381 e. The van der Waals surface area contributed by atoms with Crippen molar-refractivity contribution < 1.29 is 17.9 Å². The van der Waals surface area contributed by atoms with Crippen LogP contribution in [-0.2, 0) is 14.8 Å². The Hall–Kier alpha value is -1.45. The summed E-state index contributed by atoms with van der Waals surface area (Å²) in [4.78, 5) is 12.0. The normalized spacial score (nSPS) is 22.4. The van der Waals surface area contributed by atoms with E-state index < -0.39 is 15.9 Å². The van der Waals surface area contributed by atoms with Crippen LogP contribution in [0.5, 0.6) is 0 Å². The number of amides is 1. The van der Waals surface area contributed by atoms with Crippen LogP contribution in [0.3, 0.4) is 0 Å². The van der Waals surface area contributed by atoms with Crippen LogP contribution in [0.15, 0.2) is 4.90 Å². The summed E-state index contributed by atoms with van der Waals surface area (Å²) < 4.78 is 28.7. The van der Waals surface area contributed by atoms with Crippen molar-refractivity contribution in [3.63, 3.8) is 0 Å². The quantitative estimate of drug-likeness (QED) is 0.687. The zero-order valence-corrected chi connectivity index (χ0v) is 12.3. The van der Waals surface area contributed by atoms with Gasteiger partial charge in [0.1, 0.15) is 4.90 Å². The molecule has 0 spiro atoms. The fourth-order valence-corrected chi connectivity index (χ4v) is 3.43. The Bertz CT molecular complexity index is 644. The molecular formula is C12H18N4O4S. The van der Waals surface area contributed by atoms with Gasteiger partial charge in [0.15, 0.2) is 5.69 Å². The van der Waals surface area contributed by atoms with Gasteiger partial charge in [0.2, 0.25) is 10.0 Å². The number of nitrogens with two attached hydrogens (primary N) is 1. The van der Waals surface area contributed by atoms with E-state index in [1.165, 1.54) is 0 Å². The number of ether oxygens (including phenoxy) is 1. The predicted octanol–water partition coefficient (Wildman–Crippen LogP) is -0.299. The van der Waals surface area contributed by atoms with Crippen molar-refractivity contribution in [2.45, 2.75) is 30.1 Å². The van der Waals surface area contributed by atoms with Gasteiger partial charge in [0.25, 0.3) is 5.91 Å². The maximum atomic E-state index is 12.2. The number of nitrogens with zero attached hydrogens (tertiary/aromatic N) is 1. The second-order valence-electron chi connectivity index (χ2n) is 5.57. The molecule has 1 aliphatic carbocycles. The highest BCUT2D eigenvalue weighted by molar-refractivity contribution is 7.89. The average molecular weight is 314 g/mol. The molecule has 2 fully saturated rings. The summed E-state index contributed by atoms with van der Waals surface area (Å²) in [6, 6.07) is 0. The standard InChI is InChI=1S/C12H18N4O4S/c13-21(18,19)11-9(8-1-2-8)15-16-10(11)12(17)14-5-7-3-4-20-6-7/h7-8H,1-6H2,(H,14,17)(H,15,16)(H2,13,18,19). The highest BCUT2D eigenvalue weighted by Gasteiger charge is 2.35. The number of H-pyrrole nitrogens is 1. The van der Waals surface area contributed by atoms with Crippen LogP contribution >= 0.6 is 0 Å². The van der Waals surface area contributed by atoms with Gasteiger partial charge in [0.05, 0.1) is 12.3 Å². The van der Waals surface area contributed by atoms with Gasteiger partial charge in [-0.2, -0.15) is 5.10 Å². The molecule has 1 aliphatic heterocycles. The summed E-state index contributed by atoms with van der Waals surface area (Å²) in [5, 5.41) is 14.5. The van der Waals surface area contributed by atoms with Gasteiger partial charge in [-0.15, -0.1) is 0 Å². The molecule has 1 atom stereocenters. The Morgan fingerprint density at radius 1 is 1.43 bits per heavy atom. The molecule has 1 saturated heterocycles. The molecule has 9 heteroatoms. The largest absolute Gasteiger partial charge is 0.381 e. The zero-order valence-electron chi connectivity index (χ0n) is 11.5. The smallest absolute Gasteiger partial charge is 0.273 e. The molecular weight excluding hydrogens is 296 g/mol. The van der Waals surface area contributed by atoms with E-state index in [0.29, 0.717) is 25.5 Å². The number of rotatable bonds is 5. The maximum absolute atomic E-state index is 12.2. The predicted molar refractivity (Wildman–Crippen MR) is 73.2 cm³/mol. The lowest BCUT2D eigenvalue weighted by Gasteiger charge is -2.09. The van der Waals surface area contributed by atoms with Gasteiger partial charge in [-0.25, -0.2) is 13.6 Å². The van der Waals surface area contributed by atoms with Gasteiger partial charge < -0.3 is 10.1 Å². The summed E-state index contributed by atoms with van der Waals surface area (Å²) in [6.45, 7) is 1.74. The van der Waals surface area contributed by atoms with Gasteiger partial charge in [-0.05, 0) is 19.3 Å². The SMILES string of the molecule is NS(=O)(=O)c1c(C(=O)NCC2CCOC2)n[nH]c1C1CC1. The van der Waals surface area contributed by atoms with E-state index in [2.05, 4.69) is 15.5 Å². The molecule has 8 nitrogen and oxygen atoms in total. The molecule has 2 aliphatic rings. The molecule has 2 heterocycles. The van der Waals surface area contributed by atoms with Gasteiger partial charge in [0, 0.05) is 25.0 Å². The van der Waals surface area contributed by atoms with Crippen molar-refractivity contribution in [2.24, 2.45) is 11.1 Å². The second-order valence-corrected chi connectivity index (χ2v) is 7.07. The molecule has 4 N–H and O–H groups in total. The van der Waals surface area contributed by atoms with Crippen LogP contribution in [0, 0.1) is 5.92 Å². The molecule has 0 bridgehead atoms. The van der Waals surface area contributed by atoms with Gasteiger partial charge in [-0.3, -0.25) is 9.89 Å². The Kier molecular flexibility index (Phi) is 3.72. The van der Waals surface area contributed by atoms with Crippen molar-refractivity contribution in [1.82, 2.24) is 15.5 Å². The van der Waals surface area contributed by atoms with Crippen LogP contribution in [-0.4, -0.2) is 44.3 Å². The minimum atomic E-state index is -3.99. The van der Waals surface area contributed by atoms with Crippen LogP contribution in [0.25, 0.3) is 0 Å². The number of carbonyl (C=O) groups is 1. The van der Waals surface area contributed by atoms with Gasteiger partial charge >= 0.3 is 0 Å². The number of primary sulfonamides is 1. The number of carbonyl (C=O) groups excluding carboxylic acids is 1. The highest BCUT2D eigenvalue weighted by Crippen LogP contribution is 2.42. The van der Waals surface area contributed by atoms with E-state index in [9.17, 15) is 13.2 Å². The fraction of sp³-hybridized carbons (Fsp3) is 0.667. The molecule has 1 saturated carbocycles. The highest BCUT2D eigenvalue weighted by atomic mass is 32.2. The van der Waals surface area contributed by atoms with E-state index in [0.717, 1.165) is 19.3 Å². The average Bonchev–Trinajstić information content (AvgIpc) is 2.96. The van der Waals surface area contributed by atoms with Crippen molar-refractivity contribution in [1.29, 1.82) is 0 Å². The Morgan fingerprint density at radius 3 is 2.76 bits per heavy atom. The summed E-state index contributed by atoms with van der Waals surface area (Å²) in [5.41, 5.74) is 0.310. The minimum absolute atomic E-state index is 0.107. The Balaban J connectivity index is 1.79. The van der Waals surface area contributed by atoms with Crippen molar-refractivity contribution in [2.75, 3.05) is 19.8 Å². The van der Waals surface area contributed by atoms with Crippen LogP contribution < -0.4 is 10.5 Å². The summed E-state index contributed by atoms with van der Waals surface area (Å²) in [6.07, 6.45) is 2.65. The third-order valence-corrected chi connectivity index (χ3v) is 4.79. The lowest BCUT2D eigenvalue weighted by molar-refractivity contribution is 0.0936. The van der Waals surface area contributed by atoms with E-state index in [-0.39, 0.29) is 22.4 Å². The summed E-state index contributed by atoms with van der Waals surface area (Å²) in [7, 11) is -3.99.